The van der Waals surface area contributed by atoms with Gasteiger partial charge in [0.1, 0.15) is 0 Å². The van der Waals surface area contributed by atoms with Gasteiger partial charge in [-0.2, -0.15) is 0 Å². The minimum absolute atomic E-state index is 1.12. The summed E-state index contributed by atoms with van der Waals surface area (Å²) >= 11 is 0. The lowest BCUT2D eigenvalue weighted by atomic mass is 10.0. The number of fused-ring (bicyclic) bond motifs is 1. The SMILES string of the molecule is C=C(C)c1ccc2ccccc2c1.CCC. The van der Waals surface area contributed by atoms with Crippen molar-refractivity contribution in [2.45, 2.75) is 27.2 Å². The van der Waals surface area contributed by atoms with Crippen molar-refractivity contribution in [2.75, 3.05) is 0 Å². The van der Waals surface area contributed by atoms with Crippen molar-refractivity contribution >= 4 is 16.3 Å². The van der Waals surface area contributed by atoms with Crippen LogP contribution in [0.1, 0.15) is 32.8 Å². The largest absolute Gasteiger partial charge is 0.0955 e. The van der Waals surface area contributed by atoms with Crippen LogP contribution in [0.4, 0.5) is 0 Å². The summed E-state index contributed by atoms with van der Waals surface area (Å²) < 4.78 is 0. The normalized spacial score (nSPS) is 9.44. The molecule has 0 aromatic heterocycles. The molecule has 0 spiro atoms. The van der Waals surface area contributed by atoms with Gasteiger partial charge in [-0.1, -0.05) is 68.8 Å². The highest BCUT2D eigenvalue weighted by Crippen LogP contribution is 2.19. The third-order valence-corrected chi connectivity index (χ3v) is 2.24. The van der Waals surface area contributed by atoms with Crippen LogP contribution < -0.4 is 0 Å². The lowest BCUT2D eigenvalue weighted by Crippen LogP contribution is -1.78. The summed E-state index contributed by atoms with van der Waals surface area (Å²) in [5, 5.41) is 2.57. The smallest absolute Gasteiger partial charge is 0.0178 e. The van der Waals surface area contributed by atoms with E-state index in [1.54, 1.807) is 0 Å². The molecule has 0 heteroatoms. The fraction of sp³-hybridized carbons (Fsp3) is 0.250. The number of hydrogen-bond donors (Lipinski definition) is 0. The van der Waals surface area contributed by atoms with E-state index in [-0.39, 0.29) is 0 Å². The first-order chi connectivity index (χ1) is 7.69. The zero-order valence-corrected chi connectivity index (χ0v) is 10.5. The van der Waals surface area contributed by atoms with Crippen LogP contribution in [-0.4, -0.2) is 0 Å². The van der Waals surface area contributed by atoms with Crippen LogP contribution in [0, 0.1) is 0 Å². The van der Waals surface area contributed by atoms with Crippen LogP contribution in [0.5, 0.6) is 0 Å². The van der Waals surface area contributed by atoms with Gasteiger partial charge >= 0.3 is 0 Å². The number of benzene rings is 2. The van der Waals surface area contributed by atoms with Gasteiger partial charge in [-0.25, -0.2) is 0 Å². The van der Waals surface area contributed by atoms with Gasteiger partial charge in [-0.05, 0) is 29.3 Å². The molecule has 2 aromatic carbocycles. The summed E-state index contributed by atoms with van der Waals surface area (Å²) in [6, 6.07) is 14.8. The zero-order chi connectivity index (χ0) is 12.0. The topological polar surface area (TPSA) is 0 Å². The molecule has 0 amide bonds. The maximum absolute atomic E-state index is 3.93. The molecule has 16 heavy (non-hydrogen) atoms. The molecule has 0 saturated heterocycles. The van der Waals surface area contributed by atoms with E-state index in [4.69, 9.17) is 0 Å². The molecule has 0 nitrogen and oxygen atoms in total. The van der Waals surface area contributed by atoms with E-state index in [0.717, 1.165) is 5.57 Å². The molecule has 0 aliphatic carbocycles. The Morgan fingerprint density at radius 1 is 1.00 bits per heavy atom. The summed E-state index contributed by atoms with van der Waals surface area (Å²) in [6.45, 7) is 10.2. The maximum atomic E-state index is 3.93. The summed E-state index contributed by atoms with van der Waals surface area (Å²) in [4.78, 5) is 0. The molecule has 0 bridgehead atoms. The number of allylic oxidation sites excluding steroid dienone is 1. The highest BCUT2D eigenvalue weighted by Gasteiger charge is 1.95. The molecule has 0 heterocycles. The van der Waals surface area contributed by atoms with E-state index < -0.39 is 0 Å². The van der Waals surface area contributed by atoms with E-state index in [1.807, 2.05) is 6.92 Å². The van der Waals surface area contributed by atoms with Gasteiger partial charge < -0.3 is 0 Å². The van der Waals surface area contributed by atoms with E-state index >= 15 is 0 Å². The van der Waals surface area contributed by atoms with Crippen LogP contribution in [0.25, 0.3) is 16.3 Å². The van der Waals surface area contributed by atoms with Gasteiger partial charge in [0.2, 0.25) is 0 Å². The monoisotopic (exact) mass is 212 g/mol. The van der Waals surface area contributed by atoms with Crippen molar-refractivity contribution in [2.24, 2.45) is 0 Å². The van der Waals surface area contributed by atoms with Gasteiger partial charge in [0.05, 0.1) is 0 Å². The highest BCUT2D eigenvalue weighted by molar-refractivity contribution is 5.85. The highest BCUT2D eigenvalue weighted by atomic mass is 14.0. The number of rotatable bonds is 1. The minimum Gasteiger partial charge on any atom is -0.0955 e. The Bertz CT molecular complexity index is 466. The van der Waals surface area contributed by atoms with Gasteiger partial charge in [-0.3, -0.25) is 0 Å². The first-order valence-corrected chi connectivity index (χ1v) is 5.83. The molecule has 0 saturated carbocycles. The summed E-state index contributed by atoms with van der Waals surface area (Å²) in [5.41, 5.74) is 2.34. The zero-order valence-electron chi connectivity index (χ0n) is 10.5. The van der Waals surface area contributed by atoms with E-state index in [0.29, 0.717) is 0 Å². The summed E-state index contributed by atoms with van der Waals surface area (Å²) in [7, 11) is 0. The first kappa shape index (κ1) is 12.5. The van der Waals surface area contributed by atoms with E-state index in [2.05, 4.69) is 62.9 Å². The van der Waals surface area contributed by atoms with Gasteiger partial charge in [-0.15, -0.1) is 0 Å². The molecular formula is C16H20. The average Bonchev–Trinajstić information content (AvgIpc) is 2.29. The van der Waals surface area contributed by atoms with Crippen molar-refractivity contribution in [3.8, 4) is 0 Å². The fourth-order valence-corrected chi connectivity index (χ4v) is 1.45. The van der Waals surface area contributed by atoms with Crippen molar-refractivity contribution in [3.05, 3.63) is 54.6 Å². The van der Waals surface area contributed by atoms with Crippen LogP contribution in [-0.2, 0) is 0 Å². The second kappa shape index (κ2) is 6.12. The molecule has 0 fully saturated rings. The Kier molecular flexibility index (Phi) is 4.78. The Labute approximate surface area is 98.6 Å². The molecule has 0 atom stereocenters. The lowest BCUT2D eigenvalue weighted by Gasteiger charge is -2.01. The van der Waals surface area contributed by atoms with Crippen molar-refractivity contribution in [3.63, 3.8) is 0 Å². The second-order valence-corrected chi connectivity index (χ2v) is 4.05. The van der Waals surface area contributed by atoms with Gasteiger partial charge in [0, 0.05) is 0 Å². The summed E-state index contributed by atoms with van der Waals surface area (Å²) in [5.74, 6) is 0. The first-order valence-electron chi connectivity index (χ1n) is 5.83. The minimum atomic E-state index is 1.12. The van der Waals surface area contributed by atoms with Crippen LogP contribution in [0.3, 0.4) is 0 Å². The van der Waals surface area contributed by atoms with Gasteiger partial charge in [0.25, 0.3) is 0 Å². The Hall–Kier alpha value is -1.56. The van der Waals surface area contributed by atoms with Crippen molar-refractivity contribution in [1.29, 1.82) is 0 Å². The third-order valence-electron chi connectivity index (χ3n) is 2.24. The number of hydrogen-bond acceptors (Lipinski definition) is 0. The van der Waals surface area contributed by atoms with Crippen LogP contribution in [0.2, 0.25) is 0 Å². The Morgan fingerprint density at radius 3 is 2.12 bits per heavy atom. The predicted octanol–water partition coefficient (Wildman–Crippen LogP) is 5.29. The summed E-state index contributed by atoms with van der Waals surface area (Å²) in [6.07, 6.45) is 1.25. The Morgan fingerprint density at radius 2 is 1.56 bits per heavy atom. The van der Waals surface area contributed by atoms with Crippen molar-refractivity contribution in [1.82, 2.24) is 0 Å². The van der Waals surface area contributed by atoms with Crippen molar-refractivity contribution < 1.29 is 0 Å². The maximum Gasteiger partial charge on any atom is -0.0178 e. The fourth-order valence-electron chi connectivity index (χ4n) is 1.45. The quantitative estimate of drug-likeness (QED) is 0.602. The Balaban J connectivity index is 0.000000386. The van der Waals surface area contributed by atoms with Crippen LogP contribution in [0.15, 0.2) is 49.0 Å². The predicted molar refractivity (Wildman–Crippen MR) is 74.6 cm³/mol. The molecule has 0 N–H and O–H groups in total. The standard InChI is InChI=1S/C13H12.C3H8/c1-10(2)12-8-7-11-5-3-4-6-13(11)9-12;1-3-2/h3-9H,1H2,2H3;3H2,1-2H3. The molecule has 0 unspecified atom stereocenters. The van der Waals surface area contributed by atoms with Gasteiger partial charge in [0.15, 0.2) is 0 Å². The van der Waals surface area contributed by atoms with Crippen LogP contribution >= 0.6 is 0 Å². The molecule has 2 rings (SSSR count). The lowest BCUT2D eigenvalue weighted by molar-refractivity contribution is 1.09. The molecule has 0 aliphatic heterocycles. The molecular weight excluding hydrogens is 192 g/mol. The second-order valence-electron chi connectivity index (χ2n) is 4.05. The van der Waals surface area contributed by atoms with E-state index in [9.17, 15) is 0 Å². The molecule has 84 valence electrons. The average molecular weight is 212 g/mol. The molecule has 2 aromatic rings. The van der Waals surface area contributed by atoms with E-state index in [1.165, 1.54) is 22.8 Å². The molecule has 0 aliphatic rings. The molecule has 0 radical (unpaired) electrons. The third kappa shape index (κ3) is 3.23.